The minimum absolute atomic E-state index is 0.0186. The molecule has 1 aliphatic heterocycles. The quantitative estimate of drug-likeness (QED) is 0.777. The van der Waals surface area contributed by atoms with Crippen molar-refractivity contribution >= 4 is 17.5 Å². The maximum atomic E-state index is 12.7. The van der Waals surface area contributed by atoms with E-state index in [1.807, 2.05) is 5.32 Å². The van der Waals surface area contributed by atoms with Crippen LogP contribution in [0.5, 0.6) is 0 Å². The van der Waals surface area contributed by atoms with Crippen molar-refractivity contribution in [3.8, 4) is 0 Å². The van der Waals surface area contributed by atoms with Gasteiger partial charge in [0.15, 0.2) is 0 Å². The van der Waals surface area contributed by atoms with Gasteiger partial charge in [-0.2, -0.15) is 26.3 Å². The second-order valence-electron chi connectivity index (χ2n) is 5.25. The Morgan fingerprint density at radius 2 is 1.38 bits per heavy atom. The number of nitrogens with one attached hydrogen (secondary N) is 1. The number of carbonyl (C=O) groups is 2. The highest BCUT2D eigenvalue weighted by Crippen LogP contribution is 2.37. The number of Topliss-reactive ketones (excluding diaryl/α,β-unsaturated/α-hetero) is 1. The Hall–Kier alpha value is -2.26. The molecule has 1 saturated heterocycles. The number of halogens is 6. The number of carbonyl (C=O) groups excluding carboxylic acids is 2. The molecule has 0 unspecified atom stereocenters. The van der Waals surface area contributed by atoms with E-state index >= 15 is 0 Å². The van der Waals surface area contributed by atoms with Crippen LogP contribution >= 0.6 is 0 Å². The Morgan fingerprint density at radius 3 is 1.79 bits per heavy atom. The number of hydrogen-bond donors (Lipinski definition) is 1. The summed E-state index contributed by atoms with van der Waals surface area (Å²) >= 11 is 0. The molecule has 1 fully saturated rings. The third-order valence-corrected chi connectivity index (χ3v) is 3.45. The molecule has 4 nitrogen and oxygen atoms in total. The number of benzene rings is 1. The maximum Gasteiger partial charge on any atom is 0.416 e. The number of nitrogens with zero attached hydrogens (tertiary/aromatic N) is 1. The van der Waals surface area contributed by atoms with Gasteiger partial charge in [-0.1, -0.05) is 0 Å². The number of anilines is 1. The fraction of sp³-hybridized carbons (Fsp3) is 0.429. The molecule has 1 aliphatic rings. The molecule has 2 rings (SSSR count). The number of piperidine rings is 1. The van der Waals surface area contributed by atoms with Crippen LogP contribution in [0.25, 0.3) is 0 Å². The Balaban J connectivity index is 2.25. The minimum Gasteiger partial charge on any atom is -0.324 e. The summed E-state index contributed by atoms with van der Waals surface area (Å²) in [5, 5.41) is 2.03. The smallest absolute Gasteiger partial charge is 0.324 e. The van der Waals surface area contributed by atoms with E-state index in [1.165, 1.54) is 0 Å². The third-order valence-electron chi connectivity index (χ3n) is 3.45. The van der Waals surface area contributed by atoms with Gasteiger partial charge < -0.3 is 10.2 Å². The van der Waals surface area contributed by atoms with Crippen molar-refractivity contribution in [3.05, 3.63) is 29.3 Å². The number of rotatable bonds is 1. The van der Waals surface area contributed by atoms with Gasteiger partial charge in [0.25, 0.3) is 0 Å². The van der Waals surface area contributed by atoms with Gasteiger partial charge in [-0.05, 0) is 18.2 Å². The molecule has 24 heavy (non-hydrogen) atoms. The van der Waals surface area contributed by atoms with Crippen LogP contribution in [0.4, 0.5) is 36.8 Å². The number of hydrogen-bond acceptors (Lipinski definition) is 2. The molecule has 0 atom stereocenters. The second kappa shape index (κ2) is 6.33. The van der Waals surface area contributed by atoms with E-state index in [0.29, 0.717) is 12.1 Å². The average Bonchev–Trinajstić information content (AvgIpc) is 2.45. The van der Waals surface area contributed by atoms with Gasteiger partial charge >= 0.3 is 18.4 Å². The summed E-state index contributed by atoms with van der Waals surface area (Å²) in [4.78, 5) is 24.2. The lowest BCUT2D eigenvalue weighted by Gasteiger charge is -2.26. The van der Waals surface area contributed by atoms with Gasteiger partial charge in [-0.3, -0.25) is 4.79 Å². The van der Waals surface area contributed by atoms with Crippen LogP contribution in [0.15, 0.2) is 18.2 Å². The van der Waals surface area contributed by atoms with Gasteiger partial charge in [0.05, 0.1) is 11.1 Å². The lowest BCUT2D eigenvalue weighted by molar-refractivity contribution is -0.143. The lowest BCUT2D eigenvalue weighted by atomic mass is 10.1. The molecule has 0 radical (unpaired) electrons. The van der Waals surface area contributed by atoms with Gasteiger partial charge in [0.2, 0.25) is 0 Å². The second-order valence-corrected chi connectivity index (χ2v) is 5.25. The maximum absolute atomic E-state index is 12.7. The monoisotopic (exact) mass is 354 g/mol. The van der Waals surface area contributed by atoms with Crippen molar-refractivity contribution in [3.63, 3.8) is 0 Å². The molecule has 1 aromatic carbocycles. The molecule has 2 amide bonds. The van der Waals surface area contributed by atoms with Crippen LogP contribution in [-0.2, 0) is 17.1 Å². The lowest BCUT2D eigenvalue weighted by Crippen LogP contribution is -2.41. The zero-order valence-electron chi connectivity index (χ0n) is 12.1. The zero-order chi connectivity index (χ0) is 18.1. The van der Waals surface area contributed by atoms with Gasteiger partial charge in [-0.25, -0.2) is 4.79 Å². The molecule has 132 valence electrons. The topological polar surface area (TPSA) is 49.4 Å². The summed E-state index contributed by atoms with van der Waals surface area (Å²) < 4.78 is 76.5. The van der Waals surface area contributed by atoms with E-state index in [-0.39, 0.29) is 37.8 Å². The summed E-state index contributed by atoms with van der Waals surface area (Å²) in [6, 6.07) is -0.00498. The van der Waals surface area contributed by atoms with E-state index in [9.17, 15) is 35.9 Å². The highest BCUT2D eigenvalue weighted by Gasteiger charge is 2.37. The largest absolute Gasteiger partial charge is 0.416 e. The number of ketones is 1. The van der Waals surface area contributed by atoms with E-state index < -0.39 is 35.2 Å². The molecule has 1 heterocycles. The summed E-state index contributed by atoms with van der Waals surface area (Å²) in [6.45, 7) is 0.130. The fourth-order valence-electron chi connectivity index (χ4n) is 2.19. The molecule has 1 N–H and O–H groups in total. The molecule has 0 aliphatic carbocycles. The van der Waals surface area contributed by atoms with Crippen LogP contribution in [0.1, 0.15) is 24.0 Å². The van der Waals surface area contributed by atoms with Crippen molar-refractivity contribution in [2.24, 2.45) is 0 Å². The van der Waals surface area contributed by atoms with Crippen LogP contribution in [0, 0.1) is 0 Å². The zero-order valence-corrected chi connectivity index (χ0v) is 12.1. The summed E-state index contributed by atoms with van der Waals surface area (Å²) in [5.74, 6) is -0.0579. The Kier molecular flexibility index (Phi) is 4.77. The Morgan fingerprint density at radius 1 is 0.917 bits per heavy atom. The van der Waals surface area contributed by atoms with Crippen molar-refractivity contribution in [2.45, 2.75) is 25.2 Å². The summed E-state index contributed by atoms with van der Waals surface area (Å²) in [6.07, 6.45) is -9.77. The number of urea groups is 1. The first-order chi connectivity index (χ1) is 11.0. The fourth-order valence-corrected chi connectivity index (χ4v) is 2.19. The Labute approximate surface area is 132 Å². The van der Waals surface area contributed by atoms with Crippen LogP contribution in [0.3, 0.4) is 0 Å². The molecule has 0 aromatic heterocycles. The normalized spacial score (nSPS) is 16.2. The summed E-state index contributed by atoms with van der Waals surface area (Å²) in [7, 11) is 0. The molecule has 0 bridgehead atoms. The van der Waals surface area contributed by atoms with E-state index in [1.54, 1.807) is 0 Å². The third kappa shape index (κ3) is 4.39. The summed E-state index contributed by atoms with van der Waals surface area (Å²) in [5.41, 5.74) is -3.64. The van der Waals surface area contributed by atoms with Crippen LogP contribution < -0.4 is 5.32 Å². The molecule has 10 heteroatoms. The van der Waals surface area contributed by atoms with Crippen LogP contribution in [-0.4, -0.2) is 29.8 Å². The Bertz CT molecular complexity index is 611. The molecule has 0 spiro atoms. The standard InChI is InChI=1S/C14H12F6N2O2/c15-13(16,17)8-5-9(14(18,19)20)7-10(6-8)21-12(24)22-3-1-11(23)2-4-22/h5-7H,1-4H2,(H,21,24). The minimum atomic E-state index is -4.99. The van der Waals surface area contributed by atoms with Gasteiger partial charge in [0.1, 0.15) is 5.78 Å². The van der Waals surface area contributed by atoms with Crippen LogP contribution in [0.2, 0.25) is 0 Å². The van der Waals surface area contributed by atoms with Gasteiger partial charge in [-0.15, -0.1) is 0 Å². The van der Waals surface area contributed by atoms with Crippen molar-refractivity contribution in [1.29, 1.82) is 0 Å². The number of likely N-dealkylation sites (tertiary alicyclic amines) is 1. The predicted molar refractivity (Wildman–Crippen MR) is 71.3 cm³/mol. The molecule has 0 saturated carbocycles. The van der Waals surface area contributed by atoms with Gasteiger partial charge in [0, 0.05) is 31.6 Å². The molecular formula is C14H12F6N2O2. The SMILES string of the molecule is O=C1CCN(C(=O)Nc2cc(C(F)(F)F)cc(C(F)(F)F)c2)CC1. The van der Waals surface area contributed by atoms with Crippen molar-refractivity contribution in [2.75, 3.05) is 18.4 Å². The average molecular weight is 354 g/mol. The molecule has 1 aromatic rings. The number of amides is 2. The van der Waals surface area contributed by atoms with E-state index in [2.05, 4.69) is 0 Å². The first-order valence-corrected chi connectivity index (χ1v) is 6.84. The predicted octanol–water partition coefficient (Wildman–Crippen LogP) is 3.92. The van der Waals surface area contributed by atoms with Crippen molar-refractivity contribution in [1.82, 2.24) is 4.90 Å². The number of alkyl halides is 6. The highest BCUT2D eigenvalue weighted by molar-refractivity contribution is 5.91. The van der Waals surface area contributed by atoms with E-state index in [0.717, 1.165) is 4.90 Å². The van der Waals surface area contributed by atoms with E-state index in [4.69, 9.17) is 0 Å². The van der Waals surface area contributed by atoms with Crippen molar-refractivity contribution < 1.29 is 35.9 Å². The molecular weight excluding hydrogens is 342 g/mol. The first-order valence-electron chi connectivity index (χ1n) is 6.84. The highest BCUT2D eigenvalue weighted by atomic mass is 19.4. The first kappa shape index (κ1) is 18.1.